The van der Waals surface area contributed by atoms with Crippen molar-refractivity contribution in [1.82, 2.24) is 0 Å². The molecule has 1 aromatic carbocycles. The number of carboxylic acids is 1. The average Bonchev–Trinajstić information content (AvgIpc) is 2.29. The molecule has 1 rings (SSSR count). The Hall–Kier alpha value is -1.71. The van der Waals surface area contributed by atoms with Crippen molar-refractivity contribution < 1.29 is 19.1 Å². The van der Waals surface area contributed by atoms with Crippen LogP contribution in [0.1, 0.15) is 29.8 Å². The van der Waals surface area contributed by atoms with E-state index in [9.17, 15) is 14.0 Å². The van der Waals surface area contributed by atoms with Gasteiger partial charge in [0.05, 0.1) is 5.92 Å². The van der Waals surface area contributed by atoms with E-state index in [0.717, 1.165) is 6.07 Å². The number of ketones is 1. The zero-order chi connectivity index (χ0) is 13.2. The fourth-order valence-corrected chi connectivity index (χ4v) is 1.55. The molecular weight excluding hydrogens is 223 g/mol. The second kappa shape index (κ2) is 5.08. The topological polar surface area (TPSA) is 54.4 Å². The molecule has 0 aliphatic carbocycles. The third kappa shape index (κ3) is 2.90. The van der Waals surface area contributed by atoms with E-state index in [-0.39, 0.29) is 11.3 Å². The molecule has 1 aromatic rings. The third-order valence-electron chi connectivity index (χ3n) is 3.02. The van der Waals surface area contributed by atoms with Crippen molar-refractivity contribution in [3.8, 4) is 0 Å². The smallest absolute Gasteiger partial charge is 0.306 e. The molecule has 17 heavy (non-hydrogen) atoms. The number of Topliss-reactive ketones (excluding diaryl/α,β-unsaturated/α-hetero) is 1. The van der Waals surface area contributed by atoms with Crippen LogP contribution in [-0.2, 0) is 4.79 Å². The first-order chi connectivity index (χ1) is 7.84. The summed E-state index contributed by atoms with van der Waals surface area (Å²) >= 11 is 0. The van der Waals surface area contributed by atoms with E-state index in [4.69, 9.17) is 5.11 Å². The van der Waals surface area contributed by atoms with Gasteiger partial charge in [-0.25, -0.2) is 4.39 Å². The molecule has 0 radical (unpaired) electrons. The normalized spacial score (nSPS) is 14.1. The lowest BCUT2D eigenvalue weighted by Crippen LogP contribution is -2.26. The minimum Gasteiger partial charge on any atom is -0.481 e. The van der Waals surface area contributed by atoms with Crippen LogP contribution in [0, 0.1) is 24.6 Å². The first kappa shape index (κ1) is 13.4. The first-order valence-corrected chi connectivity index (χ1v) is 5.37. The molecule has 0 fully saturated rings. The molecule has 2 unspecified atom stereocenters. The fourth-order valence-electron chi connectivity index (χ4n) is 1.55. The zero-order valence-corrected chi connectivity index (χ0v) is 10.0. The van der Waals surface area contributed by atoms with Crippen molar-refractivity contribution in [2.45, 2.75) is 20.8 Å². The van der Waals surface area contributed by atoms with Crippen LogP contribution in [0.25, 0.3) is 0 Å². The van der Waals surface area contributed by atoms with Crippen molar-refractivity contribution in [2.75, 3.05) is 0 Å². The van der Waals surface area contributed by atoms with Crippen molar-refractivity contribution in [2.24, 2.45) is 11.8 Å². The summed E-state index contributed by atoms with van der Waals surface area (Å²) in [6.45, 7) is 4.72. The van der Waals surface area contributed by atoms with E-state index in [1.165, 1.54) is 19.1 Å². The second-order valence-corrected chi connectivity index (χ2v) is 4.24. The highest BCUT2D eigenvalue weighted by Gasteiger charge is 2.27. The van der Waals surface area contributed by atoms with E-state index in [1.807, 2.05) is 0 Å². The maximum atomic E-state index is 13.1. The van der Waals surface area contributed by atoms with Gasteiger partial charge in [-0.05, 0) is 24.6 Å². The van der Waals surface area contributed by atoms with Gasteiger partial charge in [0.15, 0.2) is 5.78 Å². The van der Waals surface area contributed by atoms with Gasteiger partial charge in [0.25, 0.3) is 0 Å². The van der Waals surface area contributed by atoms with E-state index in [1.54, 1.807) is 13.8 Å². The van der Waals surface area contributed by atoms with Gasteiger partial charge in [-0.15, -0.1) is 0 Å². The van der Waals surface area contributed by atoms with E-state index in [0.29, 0.717) is 5.56 Å². The molecule has 0 bridgehead atoms. The van der Waals surface area contributed by atoms with Gasteiger partial charge in [-0.1, -0.05) is 19.9 Å². The molecule has 92 valence electrons. The molecule has 0 aliphatic rings. The monoisotopic (exact) mass is 238 g/mol. The number of aryl methyl sites for hydroxylation is 1. The number of aliphatic carboxylic acids is 1. The summed E-state index contributed by atoms with van der Waals surface area (Å²) in [7, 11) is 0. The number of rotatable bonds is 4. The Morgan fingerprint density at radius 2 is 1.82 bits per heavy atom. The SMILES string of the molecule is Cc1ccc(F)cc1C(=O)C(C)C(C)C(=O)O. The molecule has 1 N–H and O–H groups in total. The van der Waals surface area contributed by atoms with Gasteiger partial charge < -0.3 is 5.11 Å². The standard InChI is InChI=1S/C13H15FO3/c1-7-4-5-10(14)6-11(7)12(15)8(2)9(3)13(16)17/h4-6,8-9H,1-3H3,(H,16,17). The molecule has 0 saturated heterocycles. The number of benzene rings is 1. The van der Waals surface area contributed by atoms with Gasteiger partial charge in [-0.2, -0.15) is 0 Å². The highest BCUT2D eigenvalue weighted by atomic mass is 19.1. The van der Waals surface area contributed by atoms with Crippen LogP contribution in [0.15, 0.2) is 18.2 Å². The highest BCUT2D eigenvalue weighted by molar-refractivity contribution is 6.00. The summed E-state index contributed by atoms with van der Waals surface area (Å²) in [5.74, 6) is -3.32. The quantitative estimate of drug-likeness (QED) is 0.820. The predicted molar refractivity (Wildman–Crippen MR) is 61.4 cm³/mol. The molecule has 0 aliphatic heterocycles. The lowest BCUT2D eigenvalue weighted by molar-refractivity contribution is -0.142. The lowest BCUT2D eigenvalue weighted by atomic mass is 9.87. The first-order valence-electron chi connectivity index (χ1n) is 5.37. The second-order valence-electron chi connectivity index (χ2n) is 4.24. The Kier molecular flexibility index (Phi) is 3.99. The van der Waals surface area contributed by atoms with Crippen LogP contribution in [-0.4, -0.2) is 16.9 Å². The molecule has 0 spiro atoms. The Balaban J connectivity index is 3.04. The number of hydrogen-bond donors (Lipinski definition) is 1. The van der Waals surface area contributed by atoms with Gasteiger partial charge in [0.1, 0.15) is 5.82 Å². The van der Waals surface area contributed by atoms with Crippen LogP contribution in [0.2, 0.25) is 0 Å². The Morgan fingerprint density at radius 3 is 2.35 bits per heavy atom. The Bertz CT molecular complexity index is 454. The van der Waals surface area contributed by atoms with Gasteiger partial charge >= 0.3 is 5.97 Å². The fraction of sp³-hybridized carbons (Fsp3) is 0.385. The van der Waals surface area contributed by atoms with E-state index < -0.39 is 23.6 Å². The number of hydrogen-bond acceptors (Lipinski definition) is 2. The van der Waals surface area contributed by atoms with Crippen molar-refractivity contribution >= 4 is 11.8 Å². The van der Waals surface area contributed by atoms with Crippen molar-refractivity contribution in [3.63, 3.8) is 0 Å². The minimum atomic E-state index is -1.03. The van der Waals surface area contributed by atoms with E-state index in [2.05, 4.69) is 0 Å². The summed E-state index contributed by atoms with van der Waals surface area (Å²) in [5.41, 5.74) is 0.909. The Morgan fingerprint density at radius 1 is 1.24 bits per heavy atom. The molecule has 0 amide bonds. The van der Waals surface area contributed by atoms with Crippen molar-refractivity contribution in [1.29, 1.82) is 0 Å². The number of carbonyl (C=O) groups excluding carboxylic acids is 1. The molecular formula is C13H15FO3. The molecule has 2 atom stereocenters. The Labute approximate surface area is 99.3 Å². The molecule has 3 nitrogen and oxygen atoms in total. The summed E-state index contributed by atoms with van der Waals surface area (Å²) < 4.78 is 13.1. The van der Waals surface area contributed by atoms with E-state index >= 15 is 0 Å². The maximum absolute atomic E-state index is 13.1. The highest BCUT2D eigenvalue weighted by Crippen LogP contribution is 2.20. The molecule has 0 saturated carbocycles. The lowest BCUT2D eigenvalue weighted by Gasteiger charge is -2.16. The zero-order valence-electron chi connectivity index (χ0n) is 10.0. The molecule has 4 heteroatoms. The van der Waals surface area contributed by atoms with Gasteiger partial charge in [-0.3, -0.25) is 9.59 Å². The van der Waals surface area contributed by atoms with Crippen molar-refractivity contribution in [3.05, 3.63) is 35.1 Å². The average molecular weight is 238 g/mol. The van der Waals surface area contributed by atoms with Crippen LogP contribution in [0.5, 0.6) is 0 Å². The molecule has 0 heterocycles. The van der Waals surface area contributed by atoms with Crippen LogP contribution >= 0.6 is 0 Å². The molecule has 0 aromatic heterocycles. The summed E-state index contributed by atoms with van der Waals surface area (Å²) in [4.78, 5) is 22.8. The summed E-state index contributed by atoms with van der Waals surface area (Å²) in [6, 6.07) is 3.95. The van der Waals surface area contributed by atoms with Gasteiger partial charge in [0, 0.05) is 11.5 Å². The van der Waals surface area contributed by atoms with Crippen LogP contribution in [0.3, 0.4) is 0 Å². The minimum absolute atomic E-state index is 0.255. The van der Waals surface area contributed by atoms with Crippen LogP contribution in [0.4, 0.5) is 4.39 Å². The number of halogens is 1. The summed E-state index contributed by atoms with van der Waals surface area (Å²) in [5, 5.41) is 8.85. The predicted octanol–water partition coefficient (Wildman–Crippen LogP) is 2.67. The largest absolute Gasteiger partial charge is 0.481 e. The maximum Gasteiger partial charge on any atom is 0.306 e. The van der Waals surface area contributed by atoms with Gasteiger partial charge in [0.2, 0.25) is 0 Å². The number of carbonyl (C=O) groups is 2. The summed E-state index contributed by atoms with van der Waals surface area (Å²) in [6.07, 6.45) is 0. The number of carboxylic acid groups (broad SMARTS) is 1. The van der Waals surface area contributed by atoms with Crippen LogP contribution < -0.4 is 0 Å². The third-order valence-corrected chi connectivity index (χ3v) is 3.02.